The van der Waals surface area contributed by atoms with E-state index in [2.05, 4.69) is 15.3 Å². The van der Waals surface area contributed by atoms with E-state index in [9.17, 15) is 4.79 Å². The number of aryl methyl sites for hydroxylation is 1. The van der Waals surface area contributed by atoms with Gasteiger partial charge >= 0.3 is 6.03 Å². The molecule has 0 saturated carbocycles. The van der Waals surface area contributed by atoms with Crippen molar-refractivity contribution in [3.05, 3.63) is 36.3 Å². The Morgan fingerprint density at radius 1 is 1.15 bits per heavy atom. The van der Waals surface area contributed by atoms with Crippen molar-refractivity contribution in [2.24, 2.45) is 0 Å². The van der Waals surface area contributed by atoms with Gasteiger partial charge in [-0.1, -0.05) is 0 Å². The van der Waals surface area contributed by atoms with Gasteiger partial charge in [0, 0.05) is 62.1 Å². The van der Waals surface area contributed by atoms with Crippen molar-refractivity contribution < 1.29 is 19.0 Å². The smallest absolute Gasteiger partial charge is 0.321 e. The molecule has 0 atom stereocenters. The second-order valence-corrected chi connectivity index (χ2v) is 6.28. The van der Waals surface area contributed by atoms with Crippen molar-refractivity contribution in [3.63, 3.8) is 0 Å². The van der Waals surface area contributed by atoms with Gasteiger partial charge in [0.1, 0.15) is 23.4 Å². The van der Waals surface area contributed by atoms with E-state index in [-0.39, 0.29) is 12.1 Å². The number of carbonyl (C=O) groups is 1. The maximum atomic E-state index is 12.5. The van der Waals surface area contributed by atoms with Crippen LogP contribution in [0.2, 0.25) is 0 Å². The van der Waals surface area contributed by atoms with Crippen LogP contribution in [0, 0.1) is 6.92 Å². The van der Waals surface area contributed by atoms with Gasteiger partial charge in [0.05, 0.1) is 14.2 Å². The maximum Gasteiger partial charge on any atom is 0.321 e. The minimum atomic E-state index is -0.151. The van der Waals surface area contributed by atoms with E-state index in [1.807, 2.05) is 6.92 Å². The van der Waals surface area contributed by atoms with Crippen LogP contribution >= 0.6 is 0 Å². The molecule has 1 aliphatic rings. The molecule has 1 fully saturated rings. The topological polar surface area (TPSA) is 85.8 Å². The van der Waals surface area contributed by atoms with Crippen LogP contribution in [0.1, 0.15) is 18.7 Å². The highest BCUT2D eigenvalue weighted by molar-refractivity contribution is 5.89. The first-order valence-corrected chi connectivity index (χ1v) is 8.82. The summed E-state index contributed by atoms with van der Waals surface area (Å²) >= 11 is 0. The fourth-order valence-electron chi connectivity index (χ4n) is 2.93. The van der Waals surface area contributed by atoms with Gasteiger partial charge in [0.25, 0.3) is 0 Å². The molecule has 8 nitrogen and oxygen atoms in total. The number of anilines is 1. The predicted octanol–water partition coefficient (Wildman–Crippen LogP) is 2.88. The van der Waals surface area contributed by atoms with E-state index >= 15 is 0 Å². The number of nitrogens with one attached hydrogen (secondary N) is 1. The average molecular weight is 372 g/mol. The molecule has 0 spiro atoms. The lowest BCUT2D eigenvalue weighted by Gasteiger charge is -2.32. The van der Waals surface area contributed by atoms with Crippen LogP contribution in [0.5, 0.6) is 17.4 Å². The number of carbonyl (C=O) groups excluding carboxylic acids is 1. The number of hydrogen-bond acceptors (Lipinski definition) is 6. The molecule has 144 valence electrons. The number of ether oxygens (including phenoxy) is 3. The molecule has 2 aromatic rings. The normalized spacial score (nSPS) is 14.6. The Labute approximate surface area is 158 Å². The lowest BCUT2D eigenvalue weighted by Crippen LogP contribution is -2.43. The van der Waals surface area contributed by atoms with E-state index in [1.165, 1.54) is 0 Å². The molecule has 1 N–H and O–H groups in total. The zero-order valence-corrected chi connectivity index (χ0v) is 15.8. The molecular formula is C19H24N4O4. The largest absolute Gasteiger partial charge is 0.497 e. The summed E-state index contributed by atoms with van der Waals surface area (Å²) in [5.41, 5.74) is 0.631. The van der Waals surface area contributed by atoms with Gasteiger partial charge < -0.3 is 24.4 Å². The number of amides is 2. The number of benzene rings is 1. The SMILES string of the molecule is COc1cc(NC(=O)N2CCC(Oc3ccnc(C)n3)CC2)cc(OC)c1. The van der Waals surface area contributed by atoms with Crippen LogP contribution in [0.15, 0.2) is 30.5 Å². The number of nitrogens with zero attached hydrogens (tertiary/aromatic N) is 3. The molecule has 3 rings (SSSR count). The summed E-state index contributed by atoms with van der Waals surface area (Å²) in [5, 5.41) is 2.90. The third-order valence-corrected chi connectivity index (χ3v) is 4.37. The molecule has 8 heteroatoms. The number of hydrogen-bond donors (Lipinski definition) is 1. The average Bonchev–Trinajstić information content (AvgIpc) is 2.68. The Bertz CT molecular complexity index is 769. The molecule has 1 aromatic carbocycles. The lowest BCUT2D eigenvalue weighted by atomic mass is 10.1. The highest BCUT2D eigenvalue weighted by Gasteiger charge is 2.24. The molecule has 0 aliphatic carbocycles. The molecule has 0 unspecified atom stereocenters. The highest BCUT2D eigenvalue weighted by atomic mass is 16.5. The third-order valence-electron chi connectivity index (χ3n) is 4.37. The summed E-state index contributed by atoms with van der Waals surface area (Å²) in [7, 11) is 3.15. The monoisotopic (exact) mass is 372 g/mol. The van der Waals surface area contributed by atoms with Crippen molar-refractivity contribution in [2.45, 2.75) is 25.9 Å². The molecule has 1 aliphatic heterocycles. The molecule has 1 aromatic heterocycles. The Morgan fingerprint density at radius 3 is 2.41 bits per heavy atom. The van der Waals surface area contributed by atoms with Crippen molar-refractivity contribution >= 4 is 11.7 Å². The summed E-state index contributed by atoms with van der Waals surface area (Å²) in [6.45, 7) is 3.05. The van der Waals surface area contributed by atoms with Crippen LogP contribution in [-0.2, 0) is 0 Å². The molecule has 2 heterocycles. The van der Waals surface area contributed by atoms with Crippen LogP contribution < -0.4 is 19.5 Å². The van der Waals surface area contributed by atoms with Gasteiger partial charge in [-0.2, -0.15) is 4.98 Å². The summed E-state index contributed by atoms with van der Waals surface area (Å²) < 4.78 is 16.4. The fourth-order valence-corrected chi connectivity index (χ4v) is 2.93. The zero-order valence-electron chi connectivity index (χ0n) is 15.8. The Balaban J connectivity index is 1.54. The van der Waals surface area contributed by atoms with E-state index < -0.39 is 0 Å². The van der Waals surface area contributed by atoms with Gasteiger partial charge in [-0.05, 0) is 6.92 Å². The van der Waals surface area contributed by atoms with Crippen molar-refractivity contribution in [2.75, 3.05) is 32.6 Å². The highest BCUT2D eigenvalue weighted by Crippen LogP contribution is 2.26. The first kappa shape index (κ1) is 18.8. The minimum absolute atomic E-state index is 0.0419. The summed E-state index contributed by atoms with van der Waals surface area (Å²) in [6, 6.07) is 6.87. The van der Waals surface area contributed by atoms with E-state index in [4.69, 9.17) is 14.2 Å². The lowest BCUT2D eigenvalue weighted by molar-refractivity contribution is 0.111. The second-order valence-electron chi connectivity index (χ2n) is 6.28. The quantitative estimate of drug-likeness (QED) is 0.869. The van der Waals surface area contributed by atoms with Crippen molar-refractivity contribution in [1.82, 2.24) is 14.9 Å². The van der Waals surface area contributed by atoms with Crippen LogP contribution in [0.3, 0.4) is 0 Å². The van der Waals surface area contributed by atoms with Gasteiger partial charge in [0.2, 0.25) is 5.88 Å². The first-order chi connectivity index (χ1) is 13.1. The van der Waals surface area contributed by atoms with Gasteiger partial charge in [-0.25, -0.2) is 9.78 Å². The number of methoxy groups -OCH3 is 2. The molecular weight excluding hydrogens is 348 g/mol. The number of rotatable bonds is 5. The summed E-state index contributed by atoms with van der Waals surface area (Å²) in [6.07, 6.45) is 3.22. The van der Waals surface area contributed by atoms with Crippen molar-refractivity contribution in [3.8, 4) is 17.4 Å². The number of aromatic nitrogens is 2. The van der Waals surface area contributed by atoms with Crippen LogP contribution in [0.4, 0.5) is 10.5 Å². The van der Waals surface area contributed by atoms with Gasteiger partial charge in [-0.15, -0.1) is 0 Å². The second kappa shape index (κ2) is 8.57. The number of likely N-dealkylation sites (tertiary alicyclic amines) is 1. The first-order valence-electron chi connectivity index (χ1n) is 8.82. The molecule has 0 bridgehead atoms. The van der Waals surface area contributed by atoms with Crippen molar-refractivity contribution in [1.29, 1.82) is 0 Å². The molecule has 0 radical (unpaired) electrons. The zero-order chi connectivity index (χ0) is 19.2. The van der Waals surface area contributed by atoms with Gasteiger partial charge in [-0.3, -0.25) is 0 Å². The Kier molecular flexibility index (Phi) is 5.95. The summed E-state index contributed by atoms with van der Waals surface area (Å²) in [4.78, 5) is 22.6. The van der Waals surface area contributed by atoms with Gasteiger partial charge in [0.15, 0.2) is 0 Å². The van der Waals surface area contributed by atoms with E-state index in [0.717, 1.165) is 12.8 Å². The Hall–Kier alpha value is -3.03. The van der Waals surface area contributed by atoms with E-state index in [1.54, 1.807) is 49.6 Å². The number of urea groups is 1. The molecule has 27 heavy (non-hydrogen) atoms. The maximum absolute atomic E-state index is 12.5. The number of piperidine rings is 1. The Morgan fingerprint density at radius 2 is 1.81 bits per heavy atom. The third kappa shape index (κ3) is 4.99. The van der Waals surface area contributed by atoms with Crippen LogP contribution in [-0.4, -0.2) is 54.3 Å². The molecule has 1 saturated heterocycles. The predicted molar refractivity (Wildman–Crippen MR) is 101 cm³/mol. The molecule has 2 amide bonds. The standard InChI is InChI=1S/C19H24N4O4/c1-13-20-7-4-18(21-13)27-15-5-8-23(9-6-15)19(24)22-14-10-16(25-2)12-17(11-14)26-3/h4,7,10-12,15H,5-6,8-9H2,1-3H3,(H,22,24). The minimum Gasteiger partial charge on any atom is -0.497 e. The van der Waals surface area contributed by atoms with E-state index in [0.29, 0.717) is 42.0 Å². The summed E-state index contributed by atoms with van der Waals surface area (Å²) in [5.74, 6) is 2.50. The van der Waals surface area contributed by atoms with Crippen LogP contribution in [0.25, 0.3) is 0 Å². The fraction of sp³-hybridized carbons (Fsp3) is 0.421.